The van der Waals surface area contributed by atoms with Crippen LogP contribution in [0.25, 0.3) is 0 Å². The Kier molecular flexibility index (Phi) is 4.24. The molecule has 0 radical (unpaired) electrons. The van der Waals surface area contributed by atoms with Gasteiger partial charge in [-0.3, -0.25) is 9.59 Å². The van der Waals surface area contributed by atoms with Crippen molar-refractivity contribution in [1.29, 1.82) is 0 Å². The van der Waals surface area contributed by atoms with Crippen molar-refractivity contribution in [2.75, 3.05) is 39.4 Å². The van der Waals surface area contributed by atoms with Crippen molar-refractivity contribution in [3.63, 3.8) is 0 Å². The second-order valence-corrected chi connectivity index (χ2v) is 6.19. The van der Waals surface area contributed by atoms with Crippen LogP contribution in [0.5, 0.6) is 0 Å². The van der Waals surface area contributed by atoms with Crippen LogP contribution in [0.1, 0.15) is 32.1 Å². The molecule has 0 bridgehead atoms. The molecule has 3 fully saturated rings. The zero-order valence-corrected chi connectivity index (χ0v) is 12.1. The molecule has 3 aliphatic rings. The van der Waals surface area contributed by atoms with E-state index < -0.39 is 0 Å². The third-order valence-electron chi connectivity index (χ3n) is 4.86. The number of piperidine rings is 1. The minimum absolute atomic E-state index is 0.00544. The molecule has 0 aromatic heterocycles. The number of hydrogen-bond acceptors (Lipinski definition) is 3. The highest BCUT2D eigenvalue weighted by molar-refractivity contribution is 5.82. The van der Waals surface area contributed by atoms with Crippen molar-refractivity contribution in [1.82, 2.24) is 9.80 Å². The number of amides is 2. The van der Waals surface area contributed by atoms with Gasteiger partial charge in [0.2, 0.25) is 11.8 Å². The molecule has 1 saturated carbocycles. The smallest absolute Gasteiger partial charge is 0.227 e. The Hall–Kier alpha value is -1.10. The standard InChI is InChI=1S/C15H24N2O3/c18-14(12-3-1-4-12)17-6-2-5-13(11-17)15(19)16-7-9-20-10-8-16/h12-13H,1-11H2/t13-/m0/s1. The summed E-state index contributed by atoms with van der Waals surface area (Å²) in [5.41, 5.74) is 0. The minimum Gasteiger partial charge on any atom is -0.378 e. The van der Waals surface area contributed by atoms with Gasteiger partial charge in [0.25, 0.3) is 0 Å². The highest BCUT2D eigenvalue weighted by Crippen LogP contribution is 2.30. The molecule has 0 unspecified atom stereocenters. The number of carbonyl (C=O) groups excluding carboxylic acids is 2. The molecule has 3 rings (SSSR count). The lowest BCUT2D eigenvalue weighted by atomic mass is 9.83. The lowest BCUT2D eigenvalue weighted by Crippen LogP contribution is -2.51. The molecule has 0 N–H and O–H groups in total. The molecule has 112 valence electrons. The maximum Gasteiger partial charge on any atom is 0.227 e. The van der Waals surface area contributed by atoms with Crippen molar-refractivity contribution in [2.45, 2.75) is 32.1 Å². The van der Waals surface area contributed by atoms with E-state index in [-0.39, 0.29) is 23.7 Å². The van der Waals surface area contributed by atoms with E-state index in [0.29, 0.717) is 32.8 Å². The van der Waals surface area contributed by atoms with E-state index >= 15 is 0 Å². The molecule has 0 aromatic carbocycles. The van der Waals surface area contributed by atoms with Crippen LogP contribution in [0.2, 0.25) is 0 Å². The molecule has 2 saturated heterocycles. The predicted molar refractivity (Wildman–Crippen MR) is 74.0 cm³/mol. The van der Waals surface area contributed by atoms with Crippen molar-refractivity contribution in [3.8, 4) is 0 Å². The van der Waals surface area contributed by atoms with E-state index in [1.165, 1.54) is 6.42 Å². The highest BCUT2D eigenvalue weighted by Gasteiger charge is 2.35. The summed E-state index contributed by atoms with van der Waals surface area (Å²) in [7, 11) is 0. The van der Waals surface area contributed by atoms with Crippen LogP contribution in [-0.4, -0.2) is 61.0 Å². The van der Waals surface area contributed by atoms with E-state index in [4.69, 9.17) is 4.74 Å². The van der Waals surface area contributed by atoms with Gasteiger partial charge in [-0.1, -0.05) is 6.42 Å². The Balaban J connectivity index is 1.56. The zero-order valence-electron chi connectivity index (χ0n) is 12.1. The van der Waals surface area contributed by atoms with Crippen LogP contribution in [0.15, 0.2) is 0 Å². The second-order valence-electron chi connectivity index (χ2n) is 6.19. The first-order valence-electron chi connectivity index (χ1n) is 7.91. The fourth-order valence-electron chi connectivity index (χ4n) is 3.33. The number of ether oxygens (including phenoxy) is 1. The van der Waals surface area contributed by atoms with E-state index in [2.05, 4.69) is 0 Å². The lowest BCUT2D eigenvalue weighted by Gasteiger charge is -2.38. The fourth-order valence-corrected chi connectivity index (χ4v) is 3.33. The molecule has 0 spiro atoms. The van der Waals surface area contributed by atoms with Crippen LogP contribution in [0.3, 0.4) is 0 Å². The van der Waals surface area contributed by atoms with E-state index in [0.717, 1.165) is 32.2 Å². The quantitative estimate of drug-likeness (QED) is 0.754. The van der Waals surface area contributed by atoms with Gasteiger partial charge < -0.3 is 14.5 Å². The number of hydrogen-bond donors (Lipinski definition) is 0. The molecule has 1 atom stereocenters. The normalized spacial score (nSPS) is 28.1. The molecule has 20 heavy (non-hydrogen) atoms. The Morgan fingerprint density at radius 1 is 0.800 bits per heavy atom. The van der Waals surface area contributed by atoms with Gasteiger partial charge in [-0.25, -0.2) is 0 Å². The molecule has 1 aliphatic carbocycles. The molecular formula is C15H24N2O3. The number of likely N-dealkylation sites (tertiary alicyclic amines) is 1. The highest BCUT2D eigenvalue weighted by atomic mass is 16.5. The number of nitrogens with zero attached hydrogens (tertiary/aromatic N) is 2. The van der Waals surface area contributed by atoms with Crippen molar-refractivity contribution >= 4 is 11.8 Å². The van der Waals surface area contributed by atoms with Gasteiger partial charge in [0.15, 0.2) is 0 Å². The van der Waals surface area contributed by atoms with Gasteiger partial charge in [-0.05, 0) is 25.7 Å². The summed E-state index contributed by atoms with van der Waals surface area (Å²) in [6.45, 7) is 4.15. The predicted octanol–water partition coefficient (Wildman–Crippen LogP) is 0.884. The van der Waals surface area contributed by atoms with Crippen LogP contribution >= 0.6 is 0 Å². The number of morpholine rings is 1. The van der Waals surface area contributed by atoms with Crippen molar-refractivity contribution < 1.29 is 14.3 Å². The summed E-state index contributed by atoms with van der Waals surface area (Å²) in [6.07, 6.45) is 5.14. The Morgan fingerprint density at radius 3 is 2.10 bits per heavy atom. The number of rotatable bonds is 2. The molecule has 2 aliphatic heterocycles. The summed E-state index contributed by atoms with van der Waals surface area (Å²) in [6, 6.07) is 0. The summed E-state index contributed by atoms with van der Waals surface area (Å²) < 4.78 is 5.29. The monoisotopic (exact) mass is 280 g/mol. The molecule has 5 nitrogen and oxygen atoms in total. The SMILES string of the molecule is O=C(C1CCC1)N1CCC[C@H](C(=O)N2CCOCC2)C1. The average molecular weight is 280 g/mol. The van der Waals surface area contributed by atoms with Crippen molar-refractivity contribution in [3.05, 3.63) is 0 Å². The maximum absolute atomic E-state index is 12.5. The summed E-state index contributed by atoms with van der Waals surface area (Å²) in [5, 5.41) is 0. The fraction of sp³-hybridized carbons (Fsp3) is 0.867. The third-order valence-corrected chi connectivity index (χ3v) is 4.86. The molecular weight excluding hydrogens is 256 g/mol. The zero-order chi connectivity index (χ0) is 13.9. The Bertz CT molecular complexity index is 375. The molecule has 0 aromatic rings. The first kappa shape index (κ1) is 13.9. The topological polar surface area (TPSA) is 49.9 Å². The maximum atomic E-state index is 12.5. The number of carbonyl (C=O) groups is 2. The summed E-state index contributed by atoms with van der Waals surface area (Å²) in [5.74, 6) is 0.758. The molecule has 2 amide bonds. The van der Waals surface area contributed by atoms with Crippen molar-refractivity contribution in [2.24, 2.45) is 11.8 Å². The largest absolute Gasteiger partial charge is 0.378 e. The van der Waals surface area contributed by atoms with Gasteiger partial charge in [0.05, 0.1) is 19.1 Å². The Morgan fingerprint density at radius 2 is 1.45 bits per heavy atom. The average Bonchev–Trinajstić information content (AvgIpc) is 2.46. The van der Waals surface area contributed by atoms with Gasteiger partial charge in [-0.15, -0.1) is 0 Å². The van der Waals surface area contributed by atoms with Crippen LogP contribution in [0.4, 0.5) is 0 Å². The van der Waals surface area contributed by atoms with Crippen LogP contribution in [0, 0.1) is 11.8 Å². The minimum atomic E-state index is 0.00544. The second kappa shape index (κ2) is 6.12. The first-order valence-corrected chi connectivity index (χ1v) is 7.91. The van der Waals surface area contributed by atoms with Crippen LogP contribution in [-0.2, 0) is 14.3 Å². The van der Waals surface area contributed by atoms with E-state index in [9.17, 15) is 9.59 Å². The Labute approximate surface area is 120 Å². The van der Waals surface area contributed by atoms with Gasteiger partial charge in [0.1, 0.15) is 0 Å². The lowest BCUT2D eigenvalue weighted by molar-refractivity contribution is -0.146. The van der Waals surface area contributed by atoms with Gasteiger partial charge in [-0.2, -0.15) is 0 Å². The van der Waals surface area contributed by atoms with E-state index in [1.54, 1.807) is 0 Å². The van der Waals surface area contributed by atoms with Gasteiger partial charge >= 0.3 is 0 Å². The van der Waals surface area contributed by atoms with Crippen LogP contribution < -0.4 is 0 Å². The van der Waals surface area contributed by atoms with E-state index in [1.807, 2.05) is 9.80 Å². The molecule has 2 heterocycles. The van der Waals surface area contributed by atoms with Gasteiger partial charge in [0, 0.05) is 32.1 Å². The molecule has 5 heteroatoms. The summed E-state index contributed by atoms with van der Waals surface area (Å²) in [4.78, 5) is 28.7. The third kappa shape index (κ3) is 2.82. The summed E-state index contributed by atoms with van der Waals surface area (Å²) >= 11 is 0. The first-order chi connectivity index (χ1) is 9.75.